The number of benzene rings is 1. The smallest absolute Gasteiger partial charge is 0.224 e. The number of nitrogens with zero attached hydrogens (tertiary/aromatic N) is 1. The predicted octanol–water partition coefficient (Wildman–Crippen LogP) is 1.96. The van der Waals surface area contributed by atoms with E-state index < -0.39 is 0 Å². The van der Waals surface area contributed by atoms with E-state index in [0.29, 0.717) is 18.4 Å². The molecular formula is C13H14N2O2. The third kappa shape index (κ3) is 2.30. The minimum atomic E-state index is 0.0899. The Morgan fingerprint density at radius 2 is 2.35 bits per heavy atom. The van der Waals surface area contributed by atoms with Crippen LogP contribution in [0.1, 0.15) is 24.3 Å². The average molecular weight is 230 g/mol. The highest BCUT2D eigenvalue weighted by atomic mass is 16.3. The summed E-state index contributed by atoms with van der Waals surface area (Å²) in [6.45, 7) is 1.82. The number of aryl methyl sites for hydroxylation is 1. The molecule has 1 aliphatic carbocycles. The van der Waals surface area contributed by atoms with Gasteiger partial charge in [-0.3, -0.25) is 4.79 Å². The lowest BCUT2D eigenvalue weighted by Gasteiger charge is -2.02. The van der Waals surface area contributed by atoms with Crippen molar-refractivity contribution in [3.8, 4) is 0 Å². The molecule has 17 heavy (non-hydrogen) atoms. The summed E-state index contributed by atoms with van der Waals surface area (Å²) in [5, 5.41) is 2.97. The first kappa shape index (κ1) is 10.3. The summed E-state index contributed by atoms with van der Waals surface area (Å²) < 4.78 is 5.39. The standard InChI is InChI=1S/C13H14N2O2/c1-8-14-11-6-9(2-5-12(11)17-8)7-13(16)15-10-3-4-10/h2,5-6,10H,3-4,7H2,1H3,(H,15,16). The van der Waals surface area contributed by atoms with E-state index in [4.69, 9.17) is 4.42 Å². The summed E-state index contributed by atoms with van der Waals surface area (Å²) in [5.41, 5.74) is 2.57. The van der Waals surface area contributed by atoms with Crippen LogP contribution in [0.2, 0.25) is 0 Å². The van der Waals surface area contributed by atoms with Gasteiger partial charge in [0, 0.05) is 13.0 Å². The lowest BCUT2D eigenvalue weighted by molar-refractivity contribution is -0.120. The van der Waals surface area contributed by atoms with Gasteiger partial charge in [-0.1, -0.05) is 6.07 Å². The fraction of sp³-hybridized carbons (Fsp3) is 0.385. The van der Waals surface area contributed by atoms with Gasteiger partial charge in [0.05, 0.1) is 6.42 Å². The van der Waals surface area contributed by atoms with E-state index in [-0.39, 0.29) is 5.91 Å². The lowest BCUT2D eigenvalue weighted by atomic mass is 10.1. The fourth-order valence-electron chi connectivity index (χ4n) is 1.89. The van der Waals surface area contributed by atoms with Crippen LogP contribution >= 0.6 is 0 Å². The van der Waals surface area contributed by atoms with Crippen molar-refractivity contribution in [1.29, 1.82) is 0 Å². The first-order valence-corrected chi connectivity index (χ1v) is 5.86. The van der Waals surface area contributed by atoms with E-state index >= 15 is 0 Å². The maximum Gasteiger partial charge on any atom is 0.224 e. The zero-order valence-corrected chi connectivity index (χ0v) is 9.69. The Morgan fingerprint density at radius 1 is 1.53 bits per heavy atom. The number of carbonyl (C=O) groups excluding carboxylic acids is 1. The van der Waals surface area contributed by atoms with Gasteiger partial charge in [0.1, 0.15) is 5.52 Å². The van der Waals surface area contributed by atoms with Gasteiger partial charge < -0.3 is 9.73 Å². The summed E-state index contributed by atoms with van der Waals surface area (Å²) in [5.74, 6) is 0.742. The first-order valence-electron chi connectivity index (χ1n) is 5.86. The summed E-state index contributed by atoms with van der Waals surface area (Å²) in [6.07, 6.45) is 2.65. The second-order valence-electron chi connectivity index (χ2n) is 4.55. The second-order valence-corrected chi connectivity index (χ2v) is 4.55. The van der Waals surface area contributed by atoms with E-state index in [0.717, 1.165) is 29.5 Å². The number of hydrogen-bond donors (Lipinski definition) is 1. The molecule has 0 bridgehead atoms. The van der Waals surface area contributed by atoms with Gasteiger partial charge in [-0.25, -0.2) is 4.98 Å². The number of rotatable bonds is 3. The lowest BCUT2D eigenvalue weighted by Crippen LogP contribution is -2.26. The van der Waals surface area contributed by atoms with Gasteiger partial charge in [-0.2, -0.15) is 0 Å². The summed E-state index contributed by atoms with van der Waals surface area (Å²) in [7, 11) is 0. The molecule has 4 nitrogen and oxygen atoms in total. The monoisotopic (exact) mass is 230 g/mol. The predicted molar refractivity (Wildman–Crippen MR) is 63.6 cm³/mol. The molecule has 88 valence electrons. The highest BCUT2D eigenvalue weighted by molar-refractivity contribution is 5.81. The van der Waals surface area contributed by atoms with Crippen molar-refractivity contribution >= 4 is 17.0 Å². The molecule has 0 radical (unpaired) electrons. The maximum absolute atomic E-state index is 11.6. The number of nitrogens with one attached hydrogen (secondary N) is 1. The van der Waals surface area contributed by atoms with Crippen LogP contribution in [0.3, 0.4) is 0 Å². The Hall–Kier alpha value is -1.84. The maximum atomic E-state index is 11.6. The molecule has 0 aliphatic heterocycles. The van der Waals surface area contributed by atoms with Gasteiger partial charge in [-0.05, 0) is 30.5 Å². The molecule has 0 saturated heterocycles. The molecule has 1 fully saturated rings. The second kappa shape index (κ2) is 3.87. The number of fused-ring (bicyclic) bond motifs is 1. The summed E-state index contributed by atoms with van der Waals surface area (Å²) in [4.78, 5) is 15.9. The highest BCUT2D eigenvalue weighted by Gasteiger charge is 2.23. The topological polar surface area (TPSA) is 55.1 Å². The van der Waals surface area contributed by atoms with Crippen LogP contribution in [0.5, 0.6) is 0 Å². The van der Waals surface area contributed by atoms with Gasteiger partial charge in [0.2, 0.25) is 5.91 Å². The van der Waals surface area contributed by atoms with Crippen LogP contribution in [0.15, 0.2) is 22.6 Å². The van der Waals surface area contributed by atoms with Crippen LogP contribution in [0, 0.1) is 6.92 Å². The van der Waals surface area contributed by atoms with Crippen LogP contribution in [0.25, 0.3) is 11.1 Å². The first-order chi connectivity index (χ1) is 8.20. The van der Waals surface area contributed by atoms with Crippen molar-refractivity contribution in [3.63, 3.8) is 0 Å². The molecule has 0 spiro atoms. The summed E-state index contributed by atoms with van der Waals surface area (Å²) >= 11 is 0. The zero-order valence-electron chi connectivity index (χ0n) is 9.69. The Kier molecular flexibility index (Phi) is 2.35. The molecule has 1 aromatic carbocycles. The average Bonchev–Trinajstić information content (AvgIpc) is 2.98. The third-order valence-electron chi connectivity index (χ3n) is 2.87. The summed E-state index contributed by atoms with van der Waals surface area (Å²) in [6, 6.07) is 6.12. The minimum Gasteiger partial charge on any atom is -0.441 e. The molecular weight excluding hydrogens is 216 g/mol. The van der Waals surface area contributed by atoms with Crippen LogP contribution in [0.4, 0.5) is 0 Å². The number of oxazole rings is 1. The van der Waals surface area contributed by atoms with Gasteiger partial charge in [-0.15, -0.1) is 0 Å². The largest absolute Gasteiger partial charge is 0.441 e. The molecule has 1 heterocycles. The van der Waals surface area contributed by atoms with Crippen LogP contribution < -0.4 is 5.32 Å². The quantitative estimate of drug-likeness (QED) is 0.876. The van der Waals surface area contributed by atoms with Crippen LogP contribution in [-0.4, -0.2) is 16.9 Å². The molecule has 1 aliphatic rings. The number of amides is 1. The molecule has 0 atom stereocenters. The van der Waals surface area contributed by atoms with Gasteiger partial charge in [0.25, 0.3) is 0 Å². The molecule has 2 aromatic rings. The highest BCUT2D eigenvalue weighted by Crippen LogP contribution is 2.20. The number of hydrogen-bond acceptors (Lipinski definition) is 3. The van der Waals surface area contributed by atoms with Gasteiger partial charge >= 0.3 is 0 Å². The Labute approximate surface area is 99.0 Å². The Morgan fingerprint density at radius 3 is 3.12 bits per heavy atom. The number of aromatic nitrogens is 1. The van der Waals surface area contributed by atoms with Crippen LogP contribution in [-0.2, 0) is 11.2 Å². The molecule has 3 rings (SSSR count). The molecule has 1 N–H and O–H groups in total. The van der Waals surface area contributed by atoms with E-state index in [1.54, 1.807) is 0 Å². The SMILES string of the molecule is Cc1nc2cc(CC(=O)NC3CC3)ccc2o1. The minimum absolute atomic E-state index is 0.0899. The van der Waals surface area contributed by atoms with Crippen molar-refractivity contribution in [1.82, 2.24) is 10.3 Å². The van der Waals surface area contributed by atoms with E-state index in [1.807, 2.05) is 25.1 Å². The zero-order chi connectivity index (χ0) is 11.8. The van der Waals surface area contributed by atoms with Crippen molar-refractivity contribution in [2.45, 2.75) is 32.2 Å². The van der Waals surface area contributed by atoms with Gasteiger partial charge in [0.15, 0.2) is 11.5 Å². The van der Waals surface area contributed by atoms with Crippen molar-refractivity contribution in [3.05, 3.63) is 29.7 Å². The normalized spacial score (nSPS) is 15.1. The molecule has 0 unspecified atom stereocenters. The molecule has 4 heteroatoms. The molecule has 1 saturated carbocycles. The fourth-order valence-corrected chi connectivity index (χ4v) is 1.89. The van der Waals surface area contributed by atoms with Crippen molar-refractivity contribution in [2.75, 3.05) is 0 Å². The third-order valence-corrected chi connectivity index (χ3v) is 2.87. The van der Waals surface area contributed by atoms with E-state index in [9.17, 15) is 4.79 Å². The molecule has 1 amide bonds. The Bertz CT molecular complexity index is 570. The number of carbonyl (C=O) groups is 1. The van der Waals surface area contributed by atoms with E-state index in [1.165, 1.54) is 0 Å². The van der Waals surface area contributed by atoms with E-state index in [2.05, 4.69) is 10.3 Å². The molecule has 1 aromatic heterocycles. The van der Waals surface area contributed by atoms with Crippen molar-refractivity contribution < 1.29 is 9.21 Å². The Balaban J connectivity index is 1.77. The van der Waals surface area contributed by atoms with Crippen molar-refractivity contribution in [2.24, 2.45) is 0 Å².